The van der Waals surface area contributed by atoms with Gasteiger partial charge < -0.3 is 15.7 Å². The van der Waals surface area contributed by atoms with Crippen LogP contribution >= 0.6 is 0 Å². The summed E-state index contributed by atoms with van der Waals surface area (Å²) < 4.78 is 13.6. The van der Waals surface area contributed by atoms with Crippen molar-refractivity contribution in [3.63, 3.8) is 0 Å². The molecule has 0 spiro atoms. The van der Waals surface area contributed by atoms with Crippen molar-refractivity contribution in [1.82, 2.24) is 5.32 Å². The molecule has 2 rings (SSSR count). The topological polar surface area (TPSA) is 78.4 Å². The van der Waals surface area contributed by atoms with Crippen LogP contribution in [0.25, 0.3) is 0 Å². The minimum atomic E-state index is -0.868. The van der Waals surface area contributed by atoms with Gasteiger partial charge >= 0.3 is 0 Å². The summed E-state index contributed by atoms with van der Waals surface area (Å²) in [6.07, 6.45) is 5.47. The molecule has 126 valence electrons. The molecule has 5 nitrogen and oxygen atoms in total. The molecule has 23 heavy (non-hydrogen) atoms. The highest BCUT2D eigenvalue weighted by atomic mass is 19.1. The number of hydrogen-bond donors (Lipinski definition) is 3. The Kier molecular flexibility index (Phi) is 5.71. The average molecular weight is 322 g/mol. The first-order valence-electron chi connectivity index (χ1n) is 7.97. The van der Waals surface area contributed by atoms with Crippen LogP contribution in [0.1, 0.15) is 55.8 Å². The number of aliphatic hydroxyl groups is 1. The number of benzene rings is 1. The number of anilines is 1. The fourth-order valence-electron chi connectivity index (χ4n) is 2.86. The van der Waals surface area contributed by atoms with Crippen LogP contribution in [0.15, 0.2) is 18.2 Å². The summed E-state index contributed by atoms with van der Waals surface area (Å²) in [6, 6.07) is 3.79. The van der Waals surface area contributed by atoms with Gasteiger partial charge in [-0.15, -0.1) is 0 Å². The standard InChI is InChI=1S/C17H23FN2O3/c1-12(21)20-15-10-13(6-7-14(15)18)16(22)19-11-17(23)8-4-2-3-5-9-17/h6-7,10,23H,2-5,8-9,11H2,1H3,(H,19,22)(H,20,21). The van der Waals surface area contributed by atoms with E-state index < -0.39 is 23.2 Å². The van der Waals surface area contributed by atoms with E-state index in [9.17, 15) is 19.1 Å². The van der Waals surface area contributed by atoms with Crippen molar-refractivity contribution in [3.8, 4) is 0 Å². The van der Waals surface area contributed by atoms with Crippen LogP contribution in [0.4, 0.5) is 10.1 Å². The van der Waals surface area contributed by atoms with E-state index in [1.165, 1.54) is 19.1 Å². The first-order chi connectivity index (χ1) is 10.9. The molecule has 1 fully saturated rings. The van der Waals surface area contributed by atoms with Gasteiger partial charge in [-0.3, -0.25) is 9.59 Å². The van der Waals surface area contributed by atoms with Crippen LogP contribution in [0.3, 0.4) is 0 Å². The average Bonchev–Trinajstić information content (AvgIpc) is 2.72. The van der Waals surface area contributed by atoms with E-state index in [2.05, 4.69) is 10.6 Å². The van der Waals surface area contributed by atoms with Crippen molar-refractivity contribution in [2.75, 3.05) is 11.9 Å². The van der Waals surface area contributed by atoms with Gasteiger partial charge in [-0.05, 0) is 31.0 Å². The van der Waals surface area contributed by atoms with Crippen LogP contribution in [0.2, 0.25) is 0 Å². The van der Waals surface area contributed by atoms with Gasteiger partial charge in [0.2, 0.25) is 5.91 Å². The Morgan fingerprint density at radius 1 is 1.22 bits per heavy atom. The smallest absolute Gasteiger partial charge is 0.251 e. The Balaban J connectivity index is 2.01. The Morgan fingerprint density at radius 3 is 2.48 bits per heavy atom. The van der Waals surface area contributed by atoms with Crippen molar-refractivity contribution in [3.05, 3.63) is 29.6 Å². The molecule has 1 saturated carbocycles. The molecule has 1 aromatic rings. The van der Waals surface area contributed by atoms with Gasteiger partial charge in [-0.25, -0.2) is 4.39 Å². The molecule has 0 saturated heterocycles. The van der Waals surface area contributed by atoms with Crippen LogP contribution < -0.4 is 10.6 Å². The second-order valence-corrected chi connectivity index (χ2v) is 6.20. The van der Waals surface area contributed by atoms with E-state index >= 15 is 0 Å². The van der Waals surface area contributed by atoms with E-state index in [0.717, 1.165) is 31.7 Å². The zero-order valence-electron chi connectivity index (χ0n) is 13.3. The molecule has 0 aliphatic heterocycles. The molecule has 0 bridgehead atoms. The number of rotatable bonds is 4. The fraction of sp³-hybridized carbons (Fsp3) is 0.529. The van der Waals surface area contributed by atoms with Crippen molar-refractivity contribution < 1.29 is 19.1 Å². The zero-order valence-corrected chi connectivity index (χ0v) is 13.3. The number of carbonyl (C=O) groups is 2. The molecule has 1 aliphatic carbocycles. The number of hydrogen-bond acceptors (Lipinski definition) is 3. The Hall–Kier alpha value is -1.95. The minimum absolute atomic E-state index is 0.0293. The maximum absolute atomic E-state index is 13.6. The molecular weight excluding hydrogens is 299 g/mol. The lowest BCUT2D eigenvalue weighted by atomic mass is 9.94. The monoisotopic (exact) mass is 322 g/mol. The van der Waals surface area contributed by atoms with Gasteiger partial charge in [0, 0.05) is 19.0 Å². The first kappa shape index (κ1) is 17.4. The predicted molar refractivity (Wildman–Crippen MR) is 85.7 cm³/mol. The molecule has 1 aromatic carbocycles. The van der Waals surface area contributed by atoms with E-state index in [1.807, 2.05) is 0 Å². The van der Waals surface area contributed by atoms with Crippen LogP contribution in [0.5, 0.6) is 0 Å². The summed E-state index contributed by atoms with van der Waals surface area (Å²) in [5.74, 6) is -1.40. The molecule has 1 aliphatic rings. The van der Waals surface area contributed by atoms with Crippen LogP contribution in [-0.4, -0.2) is 29.1 Å². The number of amides is 2. The van der Waals surface area contributed by atoms with E-state index in [4.69, 9.17) is 0 Å². The highest BCUT2D eigenvalue weighted by Crippen LogP contribution is 2.26. The normalized spacial score (nSPS) is 17.2. The van der Waals surface area contributed by atoms with Gasteiger partial charge in [0.15, 0.2) is 0 Å². The summed E-state index contributed by atoms with van der Waals surface area (Å²) >= 11 is 0. The minimum Gasteiger partial charge on any atom is -0.388 e. The molecular formula is C17H23FN2O3. The first-order valence-corrected chi connectivity index (χ1v) is 7.97. The molecule has 0 radical (unpaired) electrons. The lowest BCUT2D eigenvalue weighted by Crippen LogP contribution is -2.42. The van der Waals surface area contributed by atoms with Gasteiger partial charge in [0.25, 0.3) is 5.91 Å². The van der Waals surface area contributed by atoms with E-state index in [-0.39, 0.29) is 17.8 Å². The molecule has 6 heteroatoms. The molecule has 0 atom stereocenters. The summed E-state index contributed by atoms with van der Waals surface area (Å²) in [5.41, 5.74) is -0.655. The second kappa shape index (κ2) is 7.55. The van der Waals surface area contributed by atoms with Crippen molar-refractivity contribution in [1.29, 1.82) is 0 Å². The molecule has 0 aromatic heterocycles. The molecule has 2 amide bonds. The van der Waals surface area contributed by atoms with Gasteiger partial charge in [-0.1, -0.05) is 25.7 Å². The Bertz CT molecular complexity index is 581. The lowest BCUT2D eigenvalue weighted by molar-refractivity contribution is -0.114. The summed E-state index contributed by atoms with van der Waals surface area (Å²) in [4.78, 5) is 23.2. The van der Waals surface area contributed by atoms with Gasteiger partial charge in [-0.2, -0.15) is 0 Å². The van der Waals surface area contributed by atoms with E-state index in [1.54, 1.807) is 0 Å². The maximum Gasteiger partial charge on any atom is 0.251 e. The van der Waals surface area contributed by atoms with Crippen LogP contribution in [0, 0.1) is 5.82 Å². The highest BCUT2D eigenvalue weighted by Gasteiger charge is 2.28. The van der Waals surface area contributed by atoms with E-state index in [0.29, 0.717) is 12.8 Å². The highest BCUT2D eigenvalue weighted by molar-refractivity contribution is 5.96. The van der Waals surface area contributed by atoms with Crippen molar-refractivity contribution in [2.24, 2.45) is 0 Å². The zero-order chi connectivity index (χ0) is 16.9. The SMILES string of the molecule is CC(=O)Nc1cc(C(=O)NCC2(O)CCCCCC2)ccc1F. The predicted octanol–water partition coefficient (Wildman–Crippen LogP) is 2.60. The van der Waals surface area contributed by atoms with Crippen LogP contribution in [-0.2, 0) is 4.79 Å². The Morgan fingerprint density at radius 2 is 1.87 bits per heavy atom. The third-order valence-corrected chi connectivity index (χ3v) is 4.15. The third-order valence-electron chi connectivity index (χ3n) is 4.15. The van der Waals surface area contributed by atoms with Crippen molar-refractivity contribution in [2.45, 2.75) is 51.0 Å². The lowest BCUT2D eigenvalue weighted by Gasteiger charge is -2.26. The molecule has 0 unspecified atom stereocenters. The number of carbonyl (C=O) groups excluding carboxylic acids is 2. The van der Waals surface area contributed by atoms with Gasteiger partial charge in [0.1, 0.15) is 5.82 Å². The molecule has 3 N–H and O–H groups in total. The second-order valence-electron chi connectivity index (χ2n) is 6.20. The Labute approximate surface area is 135 Å². The van der Waals surface area contributed by atoms with Gasteiger partial charge in [0.05, 0.1) is 11.3 Å². The van der Waals surface area contributed by atoms with Crippen molar-refractivity contribution >= 4 is 17.5 Å². The quantitative estimate of drug-likeness (QED) is 0.746. The number of halogens is 1. The summed E-state index contributed by atoms with van der Waals surface area (Å²) in [7, 11) is 0. The maximum atomic E-state index is 13.6. The largest absolute Gasteiger partial charge is 0.388 e. The summed E-state index contributed by atoms with van der Waals surface area (Å²) in [6.45, 7) is 1.45. The third kappa shape index (κ3) is 5.03. The summed E-state index contributed by atoms with van der Waals surface area (Å²) in [5, 5.41) is 15.6. The fourth-order valence-corrected chi connectivity index (χ4v) is 2.86. The number of nitrogens with one attached hydrogen (secondary N) is 2. The molecule has 0 heterocycles.